The second kappa shape index (κ2) is 18.5. The molecule has 294 valence electrons. The van der Waals surface area contributed by atoms with Crippen molar-refractivity contribution in [3.05, 3.63) is 105 Å². The maximum atomic E-state index is 14.3. The van der Waals surface area contributed by atoms with Crippen molar-refractivity contribution in [3.63, 3.8) is 0 Å². The molecule has 2 amide bonds. The Balaban J connectivity index is 1.35. The zero-order chi connectivity index (χ0) is 40.6. The number of aliphatic carboxylic acids is 1. The number of nitrogens with zero attached hydrogens (tertiary/aromatic N) is 5. The molecule has 0 bridgehead atoms. The third kappa shape index (κ3) is 10.4. The summed E-state index contributed by atoms with van der Waals surface area (Å²) in [6.07, 6.45) is 6.91. The molecule has 2 aromatic carbocycles. The second-order valence-corrected chi connectivity index (χ2v) is 16.3. The van der Waals surface area contributed by atoms with E-state index in [0.717, 1.165) is 41.7 Å². The topological polar surface area (TPSA) is 166 Å². The van der Waals surface area contributed by atoms with Gasteiger partial charge in [-0.1, -0.05) is 52.0 Å². The third-order valence-electron chi connectivity index (χ3n) is 10.5. The number of fused-ring (bicyclic) bond motifs is 1. The molecule has 12 nitrogen and oxygen atoms in total. The zero-order valence-corrected chi connectivity index (χ0v) is 33.6. The molecule has 0 unspecified atom stereocenters. The first-order valence-electron chi connectivity index (χ1n) is 19.1. The fourth-order valence-electron chi connectivity index (χ4n) is 7.17. The number of carboxylic acid groups (broad SMARTS) is 1. The summed E-state index contributed by atoms with van der Waals surface area (Å²) in [5.74, 6) is -2.07. The highest BCUT2D eigenvalue weighted by Gasteiger charge is 2.34. The number of carbonyl (C=O) groups excluding carboxylic acids is 4. The van der Waals surface area contributed by atoms with Crippen LogP contribution in [0.2, 0.25) is 0 Å². The Hall–Kier alpha value is -5.45. The first-order valence-corrected chi connectivity index (χ1v) is 19.9. The van der Waals surface area contributed by atoms with E-state index >= 15 is 0 Å². The van der Waals surface area contributed by atoms with Gasteiger partial charge < -0.3 is 15.3 Å². The highest BCUT2D eigenvalue weighted by atomic mass is 32.1. The smallest absolute Gasteiger partial charge is 0.303 e. The number of amides is 2. The van der Waals surface area contributed by atoms with E-state index in [1.54, 1.807) is 42.4 Å². The van der Waals surface area contributed by atoms with Crippen molar-refractivity contribution >= 4 is 45.7 Å². The average molecular weight is 779 g/mol. The highest BCUT2D eigenvalue weighted by Crippen LogP contribution is 2.44. The van der Waals surface area contributed by atoms with Crippen LogP contribution in [0, 0.1) is 16.7 Å². The van der Waals surface area contributed by atoms with Gasteiger partial charge in [-0.3, -0.25) is 33.6 Å². The van der Waals surface area contributed by atoms with Gasteiger partial charge >= 0.3 is 5.97 Å². The lowest BCUT2D eigenvalue weighted by atomic mass is 9.76. The summed E-state index contributed by atoms with van der Waals surface area (Å²) in [5.41, 5.74) is 3.89. The second-order valence-electron chi connectivity index (χ2n) is 15.2. The van der Waals surface area contributed by atoms with Gasteiger partial charge in [0.05, 0.1) is 35.4 Å². The van der Waals surface area contributed by atoms with Crippen molar-refractivity contribution in [2.45, 2.75) is 91.8 Å². The van der Waals surface area contributed by atoms with Crippen LogP contribution in [0.1, 0.15) is 118 Å². The van der Waals surface area contributed by atoms with Crippen molar-refractivity contribution in [1.82, 2.24) is 19.6 Å². The van der Waals surface area contributed by atoms with Crippen LogP contribution in [0.15, 0.2) is 60.9 Å². The Bertz CT molecular complexity index is 2140. The number of likely N-dealkylation sites (N-methyl/N-ethyl adjacent to an activating group) is 1. The largest absolute Gasteiger partial charge is 0.481 e. The zero-order valence-electron chi connectivity index (χ0n) is 32.8. The fraction of sp³-hybridized carbons (Fsp3) is 0.419. The first kappa shape index (κ1) is 41.7. The number of ketones is 2. The van der Waals surface area contributed by atoms with E-state index < -0.39 is 5.97 Å². The van der Waals surface area contributed by atoms with Gasteiger partial charge in [-0.15, -0.1) is 11.3 Å². The molecule has 0 atom stereocenters. The molecular weight excluding hydrogens is 729 g/mol. The predicted octanol–water partition coefficient (Wildman–Crippen LogP) is 7.01. The molecule has 2 N–H and O–H groups in total. The Kier molecular flexibility index (Phi) is 13.7. The van der Waals surface area contributed by atoms with Crippen molar-refractivity contribution in [2.75, 3.05) is 25.5 Å². The molecule has 5 rings (SSSR count). The number of nitriles is 1. The van der Waals surface area contributed by atoms with Gasteiger partial charge in [0.25, 0.3) is 5.91 Å². The summed E-state index contributed by atoms with van der Waals surface area (Å²) >= 11 is 1.44. The summed E-state index contributed by atoms with van der Waals surface area (Å²) in [7, 11) is 1.69. The van der Waals surface area contributed by atoms with E-state index in [4.69, 9.17) is 5.11 Å². The van der Waals surface area contributed by atoms with Gasteiger partial charge in [-0.2, -0.15) is 10.4 Å². The number of hydrogen-bond donors (Lipinski definition) is 2. The van der Waals surface area contributed by atoms with Gasteiger partial charge in [-0.25, -0.2) is 0 Å². The number of carbonyl (C=O) groups is 5. The number of aromatic nitrogens is 2. The summed E-state index contributed by atoms with van der Waals surface area (Å²) in [4.78, 5) is 69.6. The number of carboxylic acids is 1. The minimum Gasteiger partial charge on any atom is -0.481 e. The van der Waals surface area contributed by atoms with E-state index in [2.05, 4.69) is 43.0 Å². The van der Waals surface area contributed by atoms with Crippen LogP contribution < -0.4 is 5.32 Å². The number of hydrogen-bond acceptors (Lipinski definition) is 9. The Labute approximate surface area is 332 Å². The molecule has 1 aliphatic carbocycles. The third-order valence-corrected chi connectivity index (χ3v) is 11.6. The number of benzene rings is 2. The van der Waals surface area contributed by atoms with Crippen LogP contribution in [0.25, 0.3) is 0 Å². The normalized spacial score (nSPS) is 13.2. The van der Waals surface area contributed by atoms with E-state index in [1.165, 1.54) is 28.3 Å². The minimum absolute atomic E-state index is 0.0443. The molecule has 0 saturated carbocycles. The number of thiophene rings is 1. The van der Waals surface area contributed by atoms with Gasteiger partial charge in [-0.05, 0) is 72.9 Å². The summed E-state index contributed by atoms with van der Waals surface area (Å²) in [5, 5.41) is 26.1. The van der Waals surface area contributed by atoms with Crippen LogP contribution in [0.5, 0.6) is 0 Å². The number of rotatable bonds is 18. The summed E-state index contributed by atoms with van der Waals surface area (Å²) in [6, 6.07) is 16.2. The van der Waals surface area contributed by atoms with Gasteiger partial charge in [0.15, 0.2) is 11.6 Å². The molecule has 1 aliphatic rings. The monoisotopic (exact) mass is 778 g/mol. The Morgan fingerprint density at radius 1 is 1.02 bits per heavy atom. The standard InChI is InChI=1S/C43H50N6O6S/c1-6-33(7-2)48(19-18-47(5)37(51)14-15-38(52)53)25-29-11-9-13-31(21-29)41(55)46-42-39(34-16-17-43(3,4)22-36(34)56-42)40(54)32-24-45-49(26-32)27-35(50)30-12-8-10-28(20-30)23-44/h8-13,20-21,24,26,33H,6-7,14-19,22,25,27H2,1-5H3,(H,46,55)(H,52,53). The molecule has 2 aromatic heterocycles. The number of nitrogens with one attached hydrogen (secondary N) is 1. The van der Waals surface area contributed by atoms with Crippen molar-refractivity contribution in [3.8, 4) is 6.07 Å². The SMILES string of the molecule is CCC(CC)N(CCN(C)C(=O)CCC(=O)O)Cc1cccc(C(=O)Nc2sc3c(c2C(=O)c2cnn(CC(=O)c4cccc(C#N)c4)c2)CCC(C)(C)C3)c1. The quantitative estimate of drug-likeness (QED) is 0.101. The molecule has 13 heteroatoms. The maximum Gasteiger partial charge on any atom is 0.303 e. The van der Waals surface area contributed by atoms with Crippen molar-refractivity contribution < 1.29 is 29.1 Å². The Morgan fingerprint density at radius 3 is 2.46 bits per heavy atom. The summed E-state index contributed by atoms with van der Waals surface area (Å²) < 4.78 is 1.42. The minimum atomic E-state index is -1.00. The molecule has 0 saturated heterocycles. The molecule has 0 fully saturated rings. The number of Topliss-reactive ketones (excluding diaryl/α,β-unsaturated/α-hetero) is 1. The lowest BCUT2D eigenvalue weighted by Crippen LogP contribution is -2.41. The van der Waals surface area contributed by atoms with E-state index in [0.29, 0.717) is 58.9 Å². The van der Waals surface area contributed by atoms with Gasteiger partial charge in [0, 0.05) is 61.3 Å². The molecule has 56 heavy (non-hydrogen) atoms. The van der Waals surface area contributed by atoms with Gasteiger partial charge in [0.2, 0.25) is 5.91 Å². The van der Waals surface area contributed by atoms with Crippen molar-refractivity contribution in [1.29, 1.82) is 5.26 Å². The fourth-order valence-corrected chi connectivity index (χ4v) is 8.67. The van der Waals surface area contributed by atoms with E-state index in [-0.39, 0.29) is 54.2 Å². The number of anilines is 1. The molecular formula is C43H50N6O6S. The Morgan fingerprint density at radius 2 is 1.75 bits per heavy atom. The predicted molar refractivity (Wildman–Crippen MR) is 215 cm³/mol. The lowest BCUT2D eigenvalue weighted by Gasteiger charge is -2.32. The van der Waals surface area contributed by atoms with E-state index in [1.807, 2.05) is 24.3 Å². The van der Waals surface area contributed by atoms with Crippen LogP contribution in [-0.2, 0) is 35.5 Å². The van der Waals surface area contributed by atoms with E-state index in [9.17, 15) is 29.2 Å². The molecule has 2 heterocycles. The molecule has 0 aliphatic heterocycles. The van der Waals surface area contributed by atoms with Crippen LogP contribution in [0.3, 0.4) is 0 Å². The van der Waals surface area contributed by atoms with Gasteiger partial charge in [0.1, 0.15) is 11.5 Å². The summed E-state index contributed by atoms with van der Waals surface area (Å²) in [6.45, 7) is 10.1. The van der Waals surface area contributed by atoms with Crippen molar-refractivity contribution in [2.24, 2.45) is 5.41 Å². The highest BCUT2D eigenvalue weighted by molar-refractivity contribution is 7.17. The molecule has 0 radical (unpaired) electrons. The first-order chi connectivity index (χ1) is 26.7. The van der Waals surface area contributed by atoms with Crippen LogP contribution in [-0.4, -0.2) is 80.2 Å². The molecule has 4 aromatic rings. The average Bonchev–Trinajstić information content (AvgIpc) is 3.79. The lowest BCUT2D eigenvalue weighted by molar-refractivity contribution is -0.140. The van der Waals surface area contributed by atoms with Crippen LogP contribution >= 0.6 is 11.3 Å². The molecule has 0 spiro atoms. The van der Waals surface area contributed by atoms with Crippen LogP contribution in [0.4, 0.5) is 5.00 Å². The maximum absolute atomic E-state index is 14.3.